The Bertz CT molecular complexity index is 568. The zero-order valence-corrected chi connectivity index (χ0v) is 14.2. The van der Waals surface area contributed by atoms with E-state index in [4.69, 9.17) is 18.0 Å². The predicted octanol–water partition coefficient (Wildman–Crippen LogP) is 1.19. The minimum atomic E-state index is -3.63. The van der Waals surface area contributed by atoms with E-state index < -0.39 is 15.7 Å². The quantitative estimate of drug-likeness (QED) is 0.733. The van der Waals surface area contributed by atoms with Gasteiger partial charge in [-0.15, -0.1) is 0 Å². The predicted molar refractivity (Wildman–Crippen MR) is 87.9 cm³/mol. The van der Waals surface area contributed by atoms with Crippen LogP contribution in [0, 0.1) is 0 Å². The van der Waals surface area contributed by atoms with Gasteiger partial charge >= 0.3 is 0 Å². The lowest BCUT2D eigenvalue weighted by Crippen LogP contribution is -2.49. The molecule has 0 unspecified atom stereocenters. The van der Waals surface area contributed by atoms with E-state index in [2.05, 4.69) is 9.71 Å². The van der Waals surface area contributed by atoms with E-state index in [0.29, 0.717) is 6.42 Å². The maximum Gasteiger partial charge on any atom is 0.280 e. The van der Waals surface area contributed by atoms with Crippen molar-refractivity contribution in [1.29, 1.82) is 0 Å². The standard InChI is InChI=1S/C13H22N4O2S2/c1-13(2,3)16-21(18,19)17(8-6-12(14)20)10-11-5-4-7-15-9-11/h4-5,7,9,16H,6,8,10H2,1-3H3,(H2,14,20). The number of nitrogens with one attached hydrogen (secondary N) is 1. The molecule has 3 N–H and O–H groups in total. The summed E-state index contributed by atoms with van der Waals surface area (Å²) in [6.07, 6.45) is 3.62. The molecule has 0 aromatic carbocycles. The lowest BCUT2D eigenvalue weighted by atomic mass is 10.1. The largest absolute Gasteiger partial charge is 0.393 e. The van der Waals surface area contributed by atoms with Crippen molar-refractivity contribution >= 4 is 27.4 Å². The number of thiocarbonyl (C=S) groups is 1. The molecule has 0 atom stereocenters. The van der Waals surface area contributed by atoms with Crippen molar-refractivity contribution in [3.8, 4) is 0 Å². The monoisotopic (exact) mass is 330 g/mol. The Morgan fingerprint density at radius 1 is 1.48 bits per heavy atom. The molecule has 118 valence electrons. The molecular weight excluding hydrogens is 308 g/mol. The molecule has 6 nitrogen and oxygen atoms in total. The van der Waals surface area contributed by atoms with Crippen molar-refractivity contribution in [2.24, 2.45) is 5.73 Å². The number of rotatable bonds is 7. The topological polar surface area (TPSA) is 88.3 Å². The molecule has 0 spiro atoms. The SMILES string of the molecule is CC(C)(C)NS(=O)(=O)N(CCC(N)=S)Cc1cccnc1. The number of hydrogen-bond acceptors (Lipinski definition) is 4. The lowest BCUT2D eigenvalue weighted by molar-refractivity contribution is 0.386. The lowest BCUT2D eigenvalue weighted by Gasteiger charge is -2.27. The molecule has 0 fully saturated rings. The van der Waals surface area contributed by atoms with Crippen molar-refractivity contribution < 1.29 is 8.42 Å². The van der Waals surface area contributed by atoms with Crippen LogP contribution in [0.4, 0.5) is 0 Å². The number of nitrogens with zero attached hydrogens (tertiary/aromatic N) is 2. The molecule has 1 rings (SSSR count). The molecule has 0 saturated carbocycles. The number of hydrogen-bond donors (Lipinski definition) is 2. The third-order valence-electron chi connectivity index (χ3n) is 2.46. The van der Waals surface area contributed by atoms with Gasteiger partial charge in [-0.2, -0.15) is 17.4 Å². The first-order chi connectivity index (χ1) is 9.60. The van der Waals surface area contributed by atoms with E-state index in [0.717, 1.165) is 5.56 Å². The van der Waals surface area contributed by atoms with Gasteiger partial charge in [0, 0.05) is 37.4 Å². The third-order valence-corrected chi connectivity index (χ3v) is 4.53. The van der Waals surface area contributed by atoms with Crippen LogP contribution in [-0.4, -0.2) is 34.8 Å². The molecule has 0 saturated heterocycles. The molecule has 8 heteroatoms. The maximum atomic E-state index is 12.5. The van der Waals surface area contributed by atoms with E-state index in [9.17, 15) is 8.42 Å². The van der Waals surface area contributed by atoms with Crippen LogP contribution in [0.3, 0.4) is 0 Å². The van der Waals surface area contributed by atoms with Crippen molar-refractivity contribution in [3.05, 3.63) is 30.1 Å². The summed E-state index contributed by atoms with van der Waals surface area (Å²) < 4.78 is 28.9. The average Bonchev–Trinajstić information content (AvgIpc) is 2.32. The Morgan fingerprint density at radius 2 is 2.14 bits per heavy atom. The Kier molecular flexibility index (Phi) is 6.21. The van der Waals surface area contributed by atoms with Crippen LogP contribution in [0.1, 0.15) is 32.8 Å². The molecule has 0 amide bonds. The molecule has 1 heterocycles. The molecule has 0 aliphatic rings. The van der Waals surface area contributed by atoms with E-state index >= 15 is 0 Å². The Labute approximate surface area is 131 Å². The van der Waals surface area contributed by atoms with Crippen molar-refractivity contribution in [2.75, 3.05) is 6.54 Å². The van der Waals surface area contributed by atoms with Gasteiger partial charge in [0.1, 0.15) is 0 Å². The highest BCUT2D eigenvalue weighted by Crippen LogP contribution is 2.11. The fraction of sp³-hybridized carbons (Fsp3) is 0.538. The summed E-state index contributed by atoms with van der Waals surface area (Å²) in [5.41, 5.74) is 5.73. The van der Waals surface area contributed by atoms with E-state index in [1.807, 2.05) is 6.07 Å². The van der Waals surface area contributed by atoms with Crippen LogP contribution in [-0.2, 0) is 16.8 Å². The highest BCUT2D eigenvalue weighted by molar-refractivity contribution is 7.87. The van der Waals surface area contributed by atoms with Gasteiger partial charge in [0.15, 0.2) is 0 Å². The molecular formula is C13H22N4O2S2. The summed E-state index contributed by atoms with van der Waals surface area (Å²) in [6.45, 7) is 5.83. The summed E-state index contributed by atoms with van der Waals surface area (Å²) in [4.78, 5) is 4.29. The van der Waals surface area contributed by atoms with Gasteiger partial charge in [-0.3, -0.25) is 4.98 Å². The summed E-state index contributed by atoms with van der Waals surface area (Å²) in [6, 6.07) is 3.60. The van der Waals surface area contributed by atoms with E-state index in [1.165, 1.54) is 4.31 Å². The van der Waals surface area contributed by atoms with Crippen LogP contribution < -0.4 is 10.5 Å². The first-order valence-corrected chi connectivity index (χ1v) is 8.41. The minimum absolute atomic E-state index is 0.224. The number of nitrogens with two attached hydrogens (primary N) is 1. The second-order valence-corrected chi connectivity index (χ2v) is 7.96. The smallest absolute Gasteiger partial charge is 0.280 e. The van der Waals surface area contributed by atoms with Crippen LogP contribution in [0.25, 0.3) is 0 Å². The van der Waals surface area contributed by atoms with E-state index in [1.54, 1.807) is 39.2 Å². The van der Waals surface area contributed by atoms with Crippen LogP contribution in [0.5, 0.6) is 0 Å². The average molecular weight is 330 g/mol. The summed E-state index contributed by atoms with van der Waals surface area (Å²) >= 11 is 4.83. The van der Waals surface area contributed by atoms with Crippen molar-refractivity contribution in [1.82, 2.24) is 14.0 Å². The van der Waals surface area contributed by atoms with Crippen molar-refractivity contribution in [3.63, 3.8) is 0 Å². The van der Waals surface area contributed by atoms with E-state index in [-0.39, 0.29) is 18.1 Å². The Morgan fingerprint density at radius 3 is 2.62 bits per heavy atom. The molecule has 1 aromatic heterocycles. The van der Waals surface area contributed by atoms with Crippen molar-refractivity contribution in [2.45, 2.75) is 39.3 Å². The molecule has 0 aliphatic heterocycles. The second-order valence-electron chi connectivity index (χ2n) is 5.77. The van der Waals surface area contributed by atoms with Gasteiger partial charge in [0.25, 0.3) is 10.2 Å². The first-order valence-electron chi connectivity index (χ1n) is 6.56. The zero-order valence-electron chi connectivity index (χ0n) is 12.5. The molecule has 0 bridgehead atoms. The Hall–Kier alpha value is -1.09. The second kappa shape index (κ2) is 7.26. The third kappa shape index (κ3) is 6.94. The fourth-order valence-electron chi connectivity index (χ4n) is 1.67. The van der Waals surface area contributed by atoms with Gasteiger partial charge in [-0.05, 0) is 32.4 Å². The fourth-order valence-corrected chi connectivity index (χ4v) is 3.31. The van der Waals surface area contributed by atoms with Crippen LogP contribution in [0.15, 0.2) is 24.5 Å². The zero-order chi connectivity index (χ0) is 16.1. The first kappa shape index (κ1) is 18.0. The molecule has 21 heavy (non-hydrogen) atoms. The van der Waals surface area contributed by atoms with Gasteiger partial charge < -0.3 is 5.73 Å². The maximum absolute atomic E-state index is 12.5. The minimum Gasteiger partial charge on any atom is -0.393 e. The van der Waals surface area contributed by atoms with Gasteiger partial charge in [0.05, 0.1) is 4.99 Å². The molecule has 1 aromatic rings. The van der Waals surface area contributed by atoms with Gasteiger partial charge in [-0.1, -0.05) is 18.3 Å². The summed E-state index contributed by atoms with van der Waals surface area (Å²) in [5.74, 6) is 0. The Balaban J connectivity index is 2.93. The molecule has 0 radical (unpaired) electrons. The van der Waals surface area contributed by atoms with Crippen LogP contribution >= 0.6 is 12.2 Å². The highest BCUT2D eigenvalue weighted by Gasteiger charge is 2.27. The summed E-state index contributed by atoms with van der Waals surface area (Å²) in [7, 11) is -3.63. The van der Waals surface area contributed by atoms with Crippen LogP contribution in [0.2, 0.25) is 0 Å². The van der Waals surface area contributed by atoms with Gasteiger partial charge in [-0.25, -0.2) is 0 Å². The van der Waals surface area contributed by atoms with Gasteiger partial charge in [0.2, 0.25) is 0 Å². The number of aromatic nitrogens is 1. The summed E-state index contributed by atoms with van der Waals surface area (Å²) in [5, 5.41) is 0. The number of pyridine rings is 1. The normalized spacial score (nSPS) is 12.6. The molecule has 0 aliphatic carbocycles. The highest BCUT2D eigenvalue weighted by atomic mass is 32.2.